The van der Waals surface area contributed by atoms with Crippen molar-refractivity contribution < 1.29 is 4.79 Å². The lowest BCUT2D eigenvalue weighted by Crippen LogP contribution is -2.57. The standard InChI is InChI=1S/C19H19BrN2O/c20-18-8-4-7-16-17(18)11-15-13-21(9-10-22(15)19(16)23)12-14-5-2-1-3-6-14/h1-8,15H,9-13H2. The van der Waals surface area contributed by atoms with E-state index in [-0.39, 0.29) is 11.9 Å². The zero-order chi connectivity index (χ0) is 15.8. The van der Waals surface area contributed by atoms with E-state index in [1.165, 1.54) is 11.1 Å². The van der Waals surface area contributed by atoms with Crippen molar-refractivity contribution in [2.75, 3.05) is 19.6 Å². The molecule has 4 rings (SSSR count). The van der Waals surface area contributed by atoms with Crippen molar-refractivity contribution in [1.82, 2.24) is 9.80 Å². The maximum absolute atomic E-state index is 12.8. The van der Waals surface area contributed by atoms with Crippen LogP contribution in [0.1, 0.15) is 21.5 Å². The van der Waals surface area contributed by atoms with Crippen LogP contribution in [0, 0.1) is 0 Å². The molecule has 2 aliphatic rings. The summed E-state index contributed by atoms with van der Waals surface area (Å²) in [5.41, 5.74) is 3.37. The van der Waals surface area contributed by atoms with Gasteiger partial charge in [0.2, 0.25) is 0 Å². The van der Waals surface area contributed by atoms with Crippen LogP contribution in [0.4, 0.5) is 0 Å². The van der Waals surface area contributed by atoms with E-state index < -0.39 is 0 Å². The molecule has 1 unspecified atom stereocenters. The Balaban J connectivity index is 1.54. The second-order valence-corrected chi connectivity index (χ2v) is 7.20. The van der Waals surface area contributed by atoms with Gasteiger partial charge in [-0.05, 0) is 29.7 Å². The van der Waals surface area contributed by atoms with Crippen molar-refractivity contribution in [3.8, 4) is 0 Å². The minimum atomic E-state index is 0.192. The number of halogens is 1. The third kappa shape index (κ3) is 2.81. The van der Waals surface area contributed by atoms with E-state index in [9.17, 15) is 4.79 Å². The summed E-state index contributed by atoms with van der Waals surface area (Å²) >= 11 is 3.61. The Kier molecular flexibility index (Phi) is 3.95. The van der Waals surface area contributed by atoms with Gasteiger partial charge in [0.15, 0.2) is 0 Å². The molecule has 1 saturated heterocycles. The molecule has 0 N–H and O–H groups in total. The minimum Gasteiger partial charge on any atom is -0.333 e. The third-order valence-electron chi connectivity index (χ3n) is 4.87. The SMILES string of the molecule is O=C1c2cccc(Br)c2CC2CN(Cc3ccccc3)CCN12. The number of piperazine rings is 1. The van der Waals surface area contributed by atoms with Crippen molar-refractivity contribution in [3.05, 3.63) is 69.7 Å². The van der Waals surface area contributed by atoms with Crippen LogP contribution < -0.4 is 0 Å². The second-order valence-electron chi connectivity index (χ2n) is 6.34. The first-order valence-corrected chi connectivity index (χ1v) is 8.86. The summed E-state index contributed by atoms with van der Waals surface area (Å²) < 4.78 is 1.06. The van der Waals surface area contributed by atoms with E-state index in [0.29, 0.717) is 0 Å². The van der Waals surface area contributed by atoms with Crippen molar-refractivity contribution in [3.63, 3.8) is 0 Å². The Hall–Kier alpha value is -1.65. The van der Waals surface area contributed by atoms with Gasteiger partial charge >= 0.3 is 0 Å². The molecule has 0 radical (unpaired) electrons. The van der Waals surface area contributed by atoms with Crippen molar-refractivity contribution in [2.45, 2.75) is 19.0 Å². The van der Waals surface area contributed by atoms with Gasteiger partial charge in [-0.2, -0.15) is 0 Å². The molecule has 0 aromatic heterocycles. The van der Waals surface area contributed by atoms with Gasteiger partial charge in [0.05, 0.1) is 0 Å². The molecule has 2 aliphatic heterocycles. The number of benzene rings is 2. The first-order valence-electron chi connectivity index (χ1n) is 8.07. The number of hydrogen-bond donors (Lipinski definition) is 0. The Morgan fingerprint density at radius 3 is 2.70 bits per heavy atom. The Morgan fingerprint density at radius 2 is 1.87 bits per heavy atom. The molecule has 2 aromatic carbocycles. The first-order chi connectivity index (χ1) is 11.2. The lowest BCUT2D eigenvalue weighted by molar-refractivity contribution is 0.0401. The molecule has 118 valence electrons. The molecule has 0 bridgehead atoms. The summed E-state index contributed by atoms with van der Waals surface area (Å²) in [7, 11) is 0. The molecule has 2 heterocycles. The molecule has 1 fully saturated rings. The average molecular weight is 371 g/mol. The predicted octanol–water partition coefficient (Wildman–Crippen LogP) is 3.33. The molecule has 0 saturated carbocycles. The summed E-state index contributed by atoms with van der Waals surface area (Å²) in [6.07, 6.45) is 0.938. The summed E-state index contributed by atoms with van der Waals surface area (Å²) in [4.78, 5) is 17.3. The van der Waals surface area contributed by atoms with Crippen LogP contribution in [0.2, 0.25) is 0 Å². The summed E-state index contributed by atoms with van der Waals surface area (Å²) in [6.45, 7) is 3.67. The van der Waals surface area contributed by atoms with E-state index in [4.69, 9.17) is 0 Å². The van der Waals surface area contributed by atoms with Crippen molar-refractivity contribution >= 4 is 21.8 Å². The van der Waals surface area contributed by atoms with Gasteiger partial charge in [-0.25, -0.2) is 0 Å². The van der Waals surface area contributed by atoms with E-state index in [1.807, 2.05) is 18.2 Å². The van der Waals surface area contributed by atoms with Crippen LogP contribution >= 0.6 is 15.9 Å². The normalized spacial score (nSPS) is 21.0. The maximum Gasteiger partial charge on any atom is 0.254 e. The summed E-state index contributed by atoms with van der Waals surface area (Å²) in [5.74, 6) is 0.192. The highest BCUT2D eigenvalue weighted by atomic mass is 79.9. The van der Waals surface area contributed by atoms with Crippen molar-refractivity contribution in [2.24, 2.45) is 0 Å². The number of hydrogen-bond acceptors (Lipinski definition) is 2. The number of rotatable bonds is 2. The Morgan fingerprint density at radius 1 is 1.04 bits per heavy atom. The molecule has 4 heteroatoms. The lowest BCUT2D eigenvalue weighted by atomic mass is 9.91. The summed E-state index contributed by atoms with van der Waals surface area (Å²) in [6, 6.07) is 16.8. The fraction of sp³-hybridized carbons (Fsp3) is 0.316. The van der Waals surface area contributed by atoms with Crippen LogP contribution in [-0.4, -0.2) is 41.4 Å². The molecule has 1 atom stereocenters. The number of nitrogens with zero attached hydrogens (tertiary/aromatic N) is 2. The van der Waals surface area contributed by atoms with Crippen LogP contribution in [0.25, 0.3) is 0 Å². The van der Waals surface area contributed by atoms with Gasteiger partial charge in [0.1, 0.15) is 0 Å². The van der Waals surface area contributed by atoms with E-state index in [2.05, 4.69) is 56.1 Å². The monoisotopic (exact) mass is 370 g/mol. The predicted molar refractivity (Wildman–Crippen MR) is 94.4 cm³/mol. The second kappa shape index (κ2) is 6.10. The quantitative estimate of drug-likeness (QED) is 0.809. The largest absolute Gasteiger partial charge is 0.333 e. The van der Waals surface area contributed by atoms with Gasteiger partial charge < -0.3 is 4.90 Å². The first kappa shape index (κ1) is 14.9. The van der Waals surface area contributed by atoms with Gasteiger partial charge in [-0.3, -0.25) is 9.69 Å². The number of amides is 1. The van der Waals surface area contributed by atoms with E-state index in [0.717, 1.165) is 42.6 Å². The zero-order valence-corrected chi connectivity index (χ0v) is 14.5. The molecule has 3 nitrogen and oxygen atoms in total. The zero-order valence-electron chi connectivity index (χ0n) is 12.9. The third-order valence-corrected chi connectivity index (χ3v) is 5.61. The highest BCUT2D eigenvalue weighted by molar-refractivity contribution is 9.10. The molecular weight excluding hydrogens is 352 g/mol. The fourth-order valence-corrected chi connectivity index (χ4v) is 4.23. The van der Waals surface area contributed by atoms with Gasteiger partial charge in [0.25, 0.3) is 5.91 Å². The molecule has 0 spiro atoms. The van der Waals surface area contributed by atoms with Gasteiger partial charge in [-0.1, -0.05) is 52.3 Å². The Labute approximate surface area is 145 Å². The van der Waals surface area contributed by atoms with Crippen LogP contribution in [0.5, 0.6) is 0 Å². The number of carbonyl (C=O) groups is 1. The molecule has 2 aromatic rings. The number of carbonyl (C=O) groups excluding carboxylic acids is 1. The van der Waals surface area contributed by atoms with E-state index >= 15 is 0 Å². The maximum atomic E-state index is 12.8. The van der Waals surface area contributed by atoms with Crippen LogP contribution in [-0.2, 0) is 13.0 Å². The van der Waals surface area contributed by atoms with Crippen molar-refractivity contribution in [1.29, 1.82) is 0 Å². The Bertz CT molecular complexity index is 731. The lowest BCUT2D eigenvalue weighted by Gasteiger charge is -2.44. The van der Waals surface area contributed by atoms with E-state index in [1.54, 1.807) is 0 Å². The van der Waals surface area contributed by atoms with Gasteiger partial charge in [0, 0.05) is 42.3 Å². The van der Waals surface area contributed by atoms with Gasteiger partial charge in [-0.15, -0.1) is 0 Å². The number of fused-ring (bicyclic) bond motifs is 2. The summed E-state index contributed by atoms with van der Waals surface area (Å²) in [5, 5.41) is 0. The highest BCUT2D eigenvalue weighted by Gasteiger charge is 2.36. The van der Waals surface area contributed by atoms with Crippen LogP contribution in [0.3, 0.4) is 0 Å². The fourth-order valence-electron chi connectivity index (χ4n) is 3.70. The van der Waals surface area contributed by atoms with Crippen LogP contribution in [0.15, 0.2) is 53.0 Å². The molecule has 1 amide bonds. The molecular formula is C19H19BrN2O. The molecule has 0 aliphatic carbocycles. The topological polar surface area (TPSA) is 23.6 Å². The smallest absolute Gasteiger partial charge is 0.254 e. The molecule has 23 heavy (non-hydrogen) atoms. The average Bonchev–Trinajstić information content (AvgIpc) is 2.57. The highest BCUT2D eigenvalue weighted by Crippen LogP contribution is 2.31. The minimum absolute atomic E-state index is 0.192.